The molecule has 0 radical (unpaired) electrons. The van der Waals surface area contributed by atoms with Crippen molar-refractivity contribution in [2.24, 2.45) is 0 Å². The SMILES string of the molecule is CCCN(CC)CCn1ccc2c1CCCC2=O. The van der Waals surface area contributed by atoms with Gasteiger partial charge in [0.05, 0.1) is 0 Å². The Balaban J connectivity index is 2.00. The lowest BCUT2D eigenvalue weighted by Gasteiger charge is -2.21. The number of hydrogen-bond acceptors (Lipinski definition) is 2. The summed E-state index contributed by atoms with van der Waals surface area (Å²) < 4.78 is 2.28. The van der Waals surface area contributed by atoms with Crippen molar-refractivity contribution >= 4 is 5.78 Å². The lowest BCUT2D eigenvalue weighted by Crippen LogP contribution is -2.28. The third-order valence-electron chi connectivity index (χ3n) is 3.84. The Kier molecular flexibility index (Phi) is 4.59. The molecule has 2 rings (SSSR count). The molecule has 0 amide bonds. The summed E-state index contributed by atoms with van der Waals surface area (Å²) in [5.41, 5.74) is 2.23. The summed E-state index contributed by atoms with van der Waals surface area (Å²) in [7, 11) is 0. The van der Waals surface area contributed by atoms with Crippen LogP contribution in [0.25, 0.3) is 0 Å². The second-order valence-corrected chi connectivity index (χ2v) is 5.08. The highest BCUT2D eigenvalue weighted by atomic mass is 16.1. The normalized spacial score (nSPS) is 15.2. The average molecular weight is 248 g/mol. The Morgan fingerprint density at radius 3 is 2.83 bits per heavy atom. The van der Waals surface area contributed by atoms with Gasteiger partial charge in [-0.1, -0.05) is 13.8 Å². The molecular weight excluding hydrogens is 224 g/mol. The van der Waals surface area contributed by atoms with Crippen LogP contribution in [0, 0.1) is 0 Å². The first-order valence-corrected chi connectivity index (χ1v) is 7.19. The molecule has 0 saturated heterocycles. The molecule has 1 aliphatic carbocycles. The Bertz CT molecular complexity index is 409. The van der Waals surface area contributed by atoms with Gasteiger partial charge in [0.1, 0.15) is 0 Å². The van der Waals surface area contributed by atoms with E-state index < -0.39 is 0 Å². The van der Waals surface area contributed by atoms with Crippen LogP contribution in [0.1, 0.15) is 49.2 Å². The van der Waals surface area contributed by atoms with Crippen molar-refractivity contribution in [1.82, 2.24) is 9.47 Å². The molecule has 3 heteroatoms. The number of rotatable bonds is 6. The van der Waals surface area contributed by atoms with Crippen LogP contribution < -0.4 is 0 Å². The highest BCUT2D eigenvalue weighted by Gasteiger charge is 2.20. The third-order valence-corrected chi connectivity index (χ3v) is 3.84. The van der Waals surface area contributed by atoms with E-state index in [1.165, 1.54) is 18.7 Å². The molecule has 0 unspecified atom stereocenters. The lowest BCUT2D eigenvalue weighted by molar-refractivity contribution is 0.0971. The quantitative estimate of drug-likeness (QED) is 0.773. The molecule has 0 bridgehead atoms. The van der Waals surface area contributed by atoms with Gasteiger partial charge in [-0.25, -0.2) is 0 Å². The Morgan fingerprint density at radius 1 is 1.28 bits per heavy atom. The standard InChI is InChI=1S/C15H24N2O/c1-3-9-16(4-2)11-12-17-10-8-13-14(17)6-5-7-15(13)18/h8,10H,3-7,9,11-12H2,1-2H3. The topological polar surface area (TPSA) is 25.2 Å². The number of carbonyl (C=O) groups is 1. The molecule has 0 aliphatic heterocycles. The number of fused-ring (bicyclic) bond motifs is 1. The Hall–Kier alpha value is -1.09. The van der Waals surface area contributed by atoms with E-state index in [2.05, 4.69) is 29.5 Å². The van der Waals surface area contributed by atoms with Gasteiger partial charge in [0.25, 0.3) is 0 Å². The van der Waals surface area contributed by atoms with Crippen LogP contribution in [0.5, 0.6) is 0 Å². The van der Waals surface area contributed by atoms with Crippen LogP contribution in [-0.4, -0.2) is 34.9 Å². The van der Waals surface area contributed by atoms with Crippen LogP contribution in [-0.2, 0) is 13.0 Å². The van der Waals surface area contributed by atoms with E-state index in [0.717, 1.165) is 44.5 Å². The van der Waals surface area contributed by atoms with E-state index >= 15 is 0 Å². The van der Waals surface area contributed by atoms with Crippen molar-refractivity contribution in [2.75, 3.05) is 19.6 Å². The maximum Gasteiger partial charge on any atom is 0.164 e. The number of carbonyl (C=O) groups excluding carboxylic acids is 1. The summed E-state index contributed by atoms with van der Waals surface area (Å²) in [5.74, 6) is 0.330. The van der Waals surface area contributed by atoms with Crippen molar-refractivity contribution in [3.05, 3.63) is 23.5 Å². The molecule has 3 nitrogen and oxygen atoms in total. The summed E-state index contributed by atoms with van der Waals surface area (Å²) in [4.78, 5) is 14.2. The van der Waals surface area contributed by atoms with Crippen LogP contribution in [0.2, 0.25) is 0 Å². The molecule has 0 spiro atoms. The number of nitrogens with zero attached hydrogens (tertiary/aromatic N) is 2. The van der Waals surface area contributed by atoms with Crippen LogP contribution in [0.4, 0.5) is 0 Å². The Morgan fingerprint density at radius 2 is 2.11 bits per heavy atom. The first-order valence-electron chi connectivity index (χ1n) is 7.19. The molecule has 1 aromatic rings. The third kappa shape index (κ3) is 2.83. The maximum absolute atomic E-state index is 11.8. The summed E-state index contributed by atoms with van der Waals surface area (Å²) in [6.45, 7) is 8.80. The molecule has 18 heavy (non-hydrogen) atoms. The zero-order chi connectivity index (χ0) is 13.0. The zero-order valence-corrected chi connectivity index (χ0v) is 11.6. The monoisotopic (exact) mass is 248 g/mol. The molecule has 1 heterocycles. The smallest absolute Gasteiger partial charge is 0.164 e. The molecule has 0 saturated carbocycles. The van der Waals surface area contributed by atoms with Gasteiger partial charge >= 0.3 is 0 Å². The fraction of sp³-hybridized carbons (Fsp3) is 0.667. The molecule has 0 N–H and O–H groups in total. The molecule has 100 valence electrons. The fourth-order valence-corrected chi connectivity index (χ4v) is 2.79. The van der Waals surface area contributed by atoms with Crippen LogP contribution >= 0.6 is 0 Å². The van der Waals surface area contributed by atoms with Gasteiger partial charge in [0.15, 0.2) is 5.78 Å². The predicted octanol–water partition coefficient (Wildman–Crippen LogP) is 2.74. The minimum absolute atomic E-state index is 0.330. The van der Waals surface area contributed by atoms with Gasteiger partial charge in [0, 0.05) is 37.0 Å². The first kappa shape index (κ1) is 13.3. The molecule has 0 atom stereocenters. The summed E-state index contributed by atoms with van der Waals surface area (Å²) >= 11 is 0. The minimum Gasteiger partial charge on any atom is -0.349 e. The van der Waals surface area contributed by atoms with Crippen molar-refractivity contribution in [1.29, 1.82) is 0 Å². The minimum atomic E-state index is 0.330. The van der Waals surface area contributed by atoms with Crippen molar-refractivity contribution in [3.8, 4) is 0 Å². The van der Waals surface area contributed by atoms with Gasteiger partial charge in [0.2, 0.25) is 0 Å². The molecule has 0 aromatic carbocycles. The average Bonchev–Trinajstić information content (AvgIpc) is 2.79. The predicted molar refractivity (Wildman–Crippen MR) is 74.1 cm³/mol. The van der Waals surface area contributed by atoms with E-state index in [-0.39, 0.29) is 0 Å². The maximum atomic E-state index is 11.8. The summed E-state index contributed by atoms with van der Waals surface area (Å²) in [6, 6.07) is 2.01. The largest absolute Gasteiger partial charge is 0.349 e. The lowest BCUT2D eigenvalue weighted by atomic mass is 9.97. The number of hydrogen-bond donors (Lipinski definition) is 0. The molecule has 1 aliphatic rings. The van der Waals surface area contributed by atoms with Gasteiger partial charge in [-0.05, 0) is 38.4 Å². The van der Waals surface area contributed by atoms with E-state index in [1.807, 2.05) is 6.07 Å². The van der Waals surface area contributed by atoms with Crippen molar-refractivity contribution in [2.45, 2.75) is 46.1 Å². The number of likely N-dealkylation sites (N-methyl/N-ethyl adjacent to an activating group) is 1. The highest BCUT2D eigenvalue weighted by Crippen LogP contribution is 2.22. The van der Waals surface area contributed by atoms with Gasteiger partial charge < -0.3 is 9.47 Å². The van der Waals surface area contributed by atoms with Crippen LogP contribution in [0.3, 0.4) is 0 Å². The van der Waals surface area contributed by atoms with Crippen LogP contribution in [0.15, 0.2) is 12.3 Å². The molecule has 1 aromatic heterocycles. The van der Waals surface area contributed by atoms with E-state index in [9.17, 15) is 4.79 Å². The van der Waals surface area contributed by atoms with Crippen molar-refractivity contribution < 1.29 is 4.79 Å². The second-order valence-electron chi connectivity index (χ2n) is 5.08. The zero-order valence-electron chi connectivity index (χ0n) is 11.6. The number of aromatic nitrogens is 1. The van der Waals surface area contributed by atoms with E-state index in [4.69, 9.17) is 0 Å². The highest BCUT2D eigenvalue weighted by molar-refractivity contribution is 5.98. The molecule has 0 fully saturated rings. The van der Waals surface area contributed by atoms with Gasteiger partial charge in [-0.3, -0.25) is 4.79 Å². The second kappa shape index (κ2) is 6.19. The number of Topliss-reactive ketones (excluding diaryl/α,β-unsaturated/α-hetero) is 1. The van der Waals surface area contributed by atoms with E-state index in [0.29, 0.717) is 5.78 Å². The number of ketones is 1. The van der Waals surface area contributed by atoms with Gasteiger partial charge in [-0.2, -0.15) is 0 Å². The fourth-order valence-electron chi connectivity index (χ4n) is 2.79. The molecular formula is C15H24N2O. The summed E-state index contributed by atoms with van der Waals surface area (Å²) in [6.07, 6.45) is 6.11. The Labute approximate surface area is 110 Å². The van der Waals surface area contributed by atoms with Crippen molar-refractivity contribution in [3.63, 3.8) is 0 Å². The summed E-state index contributed by atoms with van der Waals surface area (Å²) in [5, 5.41) is 0. The first-order chi connectivity index (χ1) is 8.76. The van der Waals surface area contributed by atoms with Gasteiger partial charge in [-0.15, -0.1) is 0 Å². The van der Waals surface area contributed by atoms with E-state index in [1.54, 1.807) is 0 Å².